The van der Waals surface area contributed by atoms with E-state index in [0.717, 1.165) is 0 Å². The standard InChI is InChI=1S/C13H15ClN2O4/c1-8-7-16(4-5-20-8)13(19)15-9-2-3-11(14)10(6-9)12(17)18/h2-3,6,8H,4-5,7H2,1H3,(H,15,19)(H,17,18). The zero-order chi connectivity index (χ0) is 14.7. The minimum absolute atomic E-state index is 0.00528. The summed E-state index contributed by atoms with van der Waals surface area (Å²) >= 11 is 5.78. The molecule has 0 saturated carbocycles. The highest BCUT2D eigenvalue weighted by Gasteiger charge is 2.21. The third-order valence-corrected chi connectivity index (χ3v) is 3.31. The van der Waals surface area contributed by atoms with Gasteiger partial charge in [0.05, 0.1) is 23.3 Å². The number of hydrogen-bond acceptors (Lipinski definition) is 3. The molecule has 2 rings (SSSR count). The van der Waals surface area contributed by atoms with Crippen LogP contribution in [0.4, 0.5) is 10.5 Å². The lowest BCUT2D eigenvalue weighted by molar-refractivity contribution is -0.00138. The Morgan fingerprint density at radius 3 is 2.90 bits per heavy atom. The van der Waals surface area contributed by atoms with Gasteiger partial charge in [0.2, 0.25) is 0 Å². The number of urea groups is 1. The van der Waals surface area contributed by atoms with Gasteiger partial charge in [-0.25, -0.2) is 9.59 Å². The fourth-order valence-corrected chi connectivity index (χ4v) is 2.17. The van der Waals surface area contributed by atoms with Gasteiger partial charge in [-0.2, -0.15) is 0 Å². The molecule has 1 saturated heterocycles. The highest BCUT2D eigenvalue weighted by Crippen LogP contribution is 2.21. The highest BCUT2D eigenvalue weighted by molar-refractivity contribution is 6.33. The maximum Gasteiger partial charge on any atom is 0.337 e. The molecule has 0 bridgehead atoms. The number of carboxylic acid groups (broad SMARTS) is 1. The van der Waals surface area contributed by atoms with Gasteiger partial charge in [-0.05, 0) is 25.1 Å². The van der Waals surface area contributed by atoms with E-state index in [9.17, 15) is 9.59 Å². The van der Waals surface area contributed by atoms with E-state index >= 15 is 0 Å². The minimum atomic E-state index is -1.13. The summed E-state index contributed by atoms with van der Waals surface area (Å²) in [5, 5.41) is 11.8. The van der Waals surface area contributed by atoms with E-state index < -0.39 is 5.97 Å². The molecule has 1 unspecified atom stereocenters. The lowest BCUT2D eigenvalue weighted by Crippen LogP contribution is -2.46. The molecule has 0 aromatic heterocycles. The average Bonchev–Trinajstić information content (AvgIpc) is 2.40. The van der Waals surface area contributed by atoms with Gasteiger partial charge in [-0.1, -0.05) is 11.6 Å². The van der Waals surface area contributed by atoms with Crippen LogP contribution in [0.2, 0.25) is 5.02 Å². The van der Waals surface area contributed by atoms with Gasteiger partial charge in [0, 0.05) is 18.8 Å². The molecule has 2 N–H and O–H groups in total. The first-order valence-corrected chi connectivity index (χ1v) is 6.55. The number of carboxylic acids is 1. The minimum Gasteiger partial charge on any atom is -0.478 e. The number of anilines is 1. The molecule has 1 fully saturated rings. The maximum atomic E-state index is 12.1. The van der Waals surface area contributed by atoms with Crippen LogP contribution in [0.25, 0.3) is 0 Å². The number of aromatic carboxylic acids is 1. The predicted octanol–water partition coefficient (Wildman–Crippen LogP) is 2.29. The Morgan fingerprint density at radius 1 is 1.50 bits per heavy atom. The summed E-state index contributed by atoms with van der Waals surface area (Å²) in [6, 6.07) is 4.07. The molecule has 1 aromatic carbocycles. The van der Waals surface area contributed by atoms with Crippen LogP contribution in [-0.4, -0.2) is 47.8 Å². The molecule has 1 atom stereocenters. The third-order valence-electron chi connectivity index (χ3n) is 2.98. The maximum absolute atomic E-state index is 12.1. The summed E-state index contributed by atoms with van der Waals surface area (Å²) < 4.78 is 5.36. The fourth-order valence-electron chi connectivity index (χ4n) is 1.97. The van der Waals surface area contributed by atoms with Crippen LogP contribution in [-0.2, 0) is 4.74 Å². The monoisotopic (exact) mass is 298 g/mol. The van der Waals surface area contributed by atoms with Crippen LogP contribution in [0, 0.1) is 0 Å². The van der Waals surface area contributed by atoms with Crippen molar-refractivity contribution in [3.05, 3.63) is 28.8 Å². The lowest BCUT2D eigenvalue weighted by atomic mass is 10.2. The molecule has 6 nitrogen and oxygen atoms in total. The second-order valence-corrected chi connectivity index (χ2v) is 4.96. The van der Waals surface area contributed by atoms with Gasteiger partial charge >= 0.3 is 12.0 Å². The van der Waals surface area contributed by atoms with Crippen molar-refractivity contribution in [3.63, 3.8) is 0 Å². The number of hydrogen-bond donors (Lipinski definition) is 2. The van der Waals surface area contributed by atoms with Crippen molar-refractivity contribution in [3.8, 4) is 0 Å². The van der Waals surface area contributed by atoms with Gasteiger partial charge in [0.15, 0.2) is 0 Å². The smallest absolute Gasteiger partial charge is 0.337 e. The van der Waals surface area contributed by atoms with Gasteiger partial charge in [-0.15, -0.1) is 0 Å². The average molecular weight is 299 g/mol. The number of ether oxygens (including phenoxy) is 1. The van der Waals surface area contributed by atoms with Crippen LogP contribution >= 0.6 is 11.6 Å². The number of rotatable bonds is 2. The van der Waals surface area contributed by atoms with Crippen LogP contribution in [0.15, 0.2) is 18.2 Å². The summed E-state index contributed by atoms with van der Waals surface area (Å²) in [7, 11) is 0. The zero-order valence-corrected chi connectivity index (χ0v) is 11.7. The van der Waals surface area contributed by atoms with Crippen molar-refractivity contribution in [2.75, 3.05) is 25.0 Å². The first-order valence-electron chi connectivity index (χ1n) is 6.17. The number of benzene rings is 1. The number of nitrogens with one attached hydrogen (secondary N) is 1. The van der Waals surface area contributed by atoms with Crippen molar-refractivity contribution < 1.29 is 19.4 Å². The Bertz CT molecular complexity index is 535. The largest absolute Gasteiger partial charge is 0.478 e. The van der Waals surface area contributed by atoms with Crippen molar-refractivity contribution in [1.82, 2.24) is 4.90 Å². The zero-order valence-electron chi connectivity index (χ0n) is 10.9. The summed E-state index contributed by atoms with van der Waals surface area (Å²) in [5.41, 5.74) is 0.357. The van der Waals surface area contributed by atoms with Crippen molar-refractivity contribution >= 4 is 29.3 Å². The number of carbonyl (C=O) groups is 2. The summed E-state index contributed by atoms with van der Waals surface area (Å²) in [4.78, 5) is 24.7. The topological polar surface area (TPSA) is 78.9 Å². The number of nitrogens with zero attached hydrogens (tertiary/aromatic N) is 1. The van der Waals surface area contributed by atoms with Gasteiger partial charge in [0.1, 0.15) is 0 Å². The van der Waals surface area contributed by atoms with E-state index in [1.807, 2.05) is 6.92 Å². The SMILES string of the molecule is CC1CN(C(=O)Nc2ccc(Cl)c(C(=O)O)c2)CCO1. The highest BCUT2D eigenvalue weighted by atomic mass is 35.5. The summed E-state index contributed by atoms with van der Waals surface area (Å²) in [6.45, 7) is 3.40. The number of carbonyl (C=O) groups excluding carboxylic acids is 1. The number of halogens is 1. The molecule has 1 heterocycles. The van der Waals surface area contributed by atoms with Crippen molar-refractivity contribution in [1.29, 1.82) is 0 Å². The molecule has 7 heteroatoms. The first kappa shape index (κ1) is 14.6. The quantitative estimate of drug-likeness (QED) is 0.878. The lowest BCUT2D eigenvalue weighted by Gasteiger charge is -2.31. The van der Waals surface area contributed by atoms with Gasteiger partial charge in [-0.3, -0.25) is 0 Å². The molecule has 0 aliphatic carbocycles. The van der Waals surface area contributed by atoms with E-state index in [2.05, 4.69) is 5.32 Å². The Kier molecular flexibility index (Phi) is 4.46. The molecule has 1 aliphatic heterocycles. The fraction of sp³-hybridized carbons (Fsp3) is 0.385. The van der Waals surface area contributed by atoms with Crippen LogP contribution in [0.1, 0.15) is 17.3 Å². The molecular formula is C13H15ClN2O4. The van der Waals surface area contributed by atoms with E-state index in [0.29, 0.717) is 25.4 Å². The molecular weight excluding hydrogens is 284 g/mol. The van der Waals surface area contributed by atoms with E-state index in [4.69, 9.17) is 21.4 Å². The van der Waals surface area contributed by atoms with Gasteiger partial charge < -0.3 is 20.1 Å². The second kappa shape index (κ2) is 6.11. The Hall–Kier alpha value is -1.79. The third kappa shape index (κ3) is 3.40. The Balaban J connectivity index is 2.07. The predicted molar refractivity (Wildman–Crippen MR) is 74.4 cm³/mol. The van der Waals surface area contributed by atoms with Crippen LogP contribution in [0.5, 0.6) is 0 Å². The van der Waals surface area contributed by atoms with Crippen LogP contribution < -0.4 is 5.32 Å². The summed E-state index contributed by atoms with van der Waals surface area (Å²) in [6.07, 6.45) is -0.00528. The number of amides is 2. The first-order chi connectivity index (χ1) is 9.47. The van der Waals surface area contributed by atoms with E-state index in [-0.39, 0.29) is 22.7 Å². The van der Waals surface area contributed by atoms with Crippen LogP contribution in [0.3, 0.4) is 0 Å². The molecule has 0 spiro atoms. The van der Waals surface area contributed by atoms with Gasteiger partial charge in [0.25, 0.3) is 0 Å². The number of morpholine rings is 1. The van der Waals surface area contributed by atoms with E-state index in [1.165, 1.54) is 12.1 Å². The Labute approximate surface area is 121 Å². The normalized spacial score (nSPS) is 18.7. The Morgan fingerprint density at radius 2 is 2.25 bits per heavy atom. The summed E-state index contributed by atoms with van der Waals surface area (Å²) in [5.74, 6) is -1.13. The molecule has 0 radical (unpaired) electrons. The second-order valence-electron chi connectivity index (χ2n) is 4.56. The molecule has 108 valence electrons. The van der Waals surface area contributed by atoms with Crippen molar-refractivity contribution in [2.24, 2.45) is 0 Å². The molecule has 20 heavy (non-hydrogen) atoms. The van der Waals surface area contributed by atoms with Crippen molar-refractivity contribution in [2.45, 2.75) is 13.0 Å². The molecule has 1 aromatic rings. The molecule has 2 amide bonds. The van der Waals surface area contributed by atoms with E-state index in [1.54, 1.807) is 11.0 Å². The molecule has 1 aliphatic rings.